The van der Waals surface area contributed by atoms with Gasteiger partial charge in [0.2, 0.25) is 0 Å². The van der Waals surface area contributed by atoms with E-state index in [9.17, 15) is 4.79 Å². The summed E-state index contributed by atoms with van der Waals surface area (Å²) in [7, 11) is -0.528. The van der Waals surface area contributed by atoms with Gasteiger partial charge in [-0.05, 0) is 56.5 Å². The van der Waals surface area contributed by atoms with Gasteiger partial charge in [-0.3, -0.25) is 4.79 Å². The maximum Gasteiger partial charge on any atom is 0.469 e. The Kier molecular flexibility index (Phi) is 7.39. The second kappa shape index (κ2) is 10.5. The van der Waals surface area contributed by atoms with Crippen LogP contribution >= 0.6 is 0 Å². The Morgan fingerprint density at radius 3 is 1.80 bits per heavy atom. The largest absolute Gasteiger partial charge is 0.469 e. The second-order valence-corrected chi connectivity index (χ2v) is 9.73. The highest BCUT2D eigenvalue weighted by molar-refractivity contribution is 6.51. The summed E-state index contributed by atoms with van der Waals surface area (Å²) < 4.78 is 13.0. The highest BCUT2D eigenvalue weighted by Gasteiger charge is 2.54. The molecule has 5 heteroatoms. The molecule has 1 atom stereocenters. The summed E-state index contributed by atoms with van der Waals surface area (Å²) in [6, 6.07) is 29.6. The molecule has 178 valence electrons. The van der Waals surface area contributed by atoms with E-state index in [1.54, 1.807) is 18.3 Å². The van der Waals surface area contributed by atoms with Crippen molar-refractivity contribution in [1.29, 1.82) is 0 Å². The van der Waals surface area contributed by atoms with Crippen molar-refractivity contribution in [2.75, 3.05) is 0 Å². The molecule has 1 heterocycles. The molecule has 0 radical (unpaired) electrons. The maximum absolute atomic E-state index is 12.6. The number of carbonyl (C=O) groups excluding carboxylic acids is 1. The van der Waals surface area contributed by atoms with E-state index in [1.807, 2.05) is 88.4 Å². The summed E-state index contributed by atoms with van der Waals surface area (Å²) in [5.41, 5.74) is 2.83. The molecule has 1 fully saturated rings. The van der Waals surface area contributed by atoms with Crippen molar-refractivity contribution in [1.82, 2.24) is 5.32 Å². The molecule has 1 amide bonds. The molecule has 4 rings (SSSR count). The Morgan fingerprint density at radius 2 is 1.26 bits per heavy atom. The van der Waals surface area contributed by atoms with Gasteiger partial charge in [0.25, 0.3) is 5.91 Å². The average molecular weight is 465 g/mol. The molecule has 1 N–H and O–H groups in total. The summed E-state index contributed by atoms with van der Waals surface area (Å²) in [5.74, 6) is -0.433. The molecule has 4 nitrogen and oxygen atoms in total. The SMILES string of the molecule is CC1(C)OB(C(/C=C/NC(=O)c2ccccc2)/C(=C/c2ccccc2)c2ccccc2)OC1(C)C. The van der Waals surface area contributed by atoms with Crippen LogP contribution in [0.1, 0.15) is 49.2 Å². The highest BCUT2D eigenvalue weighted by atomic mass is 16.7. The van der Waals surface area contributed by atoms with E-state index in [4.69, 9.17) is 9.31 Å². The standard InChI is InChI=1S/C30H32BNO3/c1-29(2)30(3,4)35-31(34-29)27(20-21-32-28(33)25-18-12-7-13-19-25)26(24-16-10-6-11-17-24)22-23-14-8-5-9-15-23/h5-22,27H,1-4H3,(H,32,33)/b21-20+,26-22+. The number of allylic oxidation sites excluding steroid dienone is 2. The van der Waals surface area contributed by atoms with Crippen molar-refractivity contribution in [3.05, 3.63) is 120 Å². The summed E-state index contributed by atoms with van der Waals surface area (Å²) in [4.78, 5) is 12.6. The van der Waals surface area contributed by atoms with E-state index in [0.29, 0.717) is 5.56 Å². The van der Waals surface area contributed by atoms with Gasteiger partial charge >= 0.3 is 7.12 Å². The van der Waals surface area contributed by atoms with Crippen LogP contribution in [0.5, 0.6) is 0 Å². The van der Waals surface area contributed by atoms with Crippen molar-refractivity contribution in [2.24, 2.45) is 0 Å². The monoisotopic (exact) mass is 465 g/mol. The topological polar surface area (TPSA) is 47.6 Å². The van der Waals surface area contributed by atoms with E-state index in [0.717, 1.165) is 16.7 Å². The number of amides is 1. The smallest absolute Gasteiger partial charge is 0.403 e. The predicted octanol–water partition coefficient (Wildman–Crippen LogP) is 6.63. The number of benzene rings is 3. The lowest BCUT2D eigenvalue weighted by Gasteiger charge is -2.32. The van der Waals surface area contributed by atoms with E-state index in [-0.39, 0.29) is 11.7 Å². The molecule has 1 aliphatic heterocycles. The van der Waals surface area contributed by atoms with Crippen molar-refractivity contribution < 1.29 is 14.1 Å². The van der Waals surface area contributed by atoms with Crippen LogP contribution in [0.15, 0.2) is 103 Å². The molecule has 35 heavy (non-hydrogen) atoms. The summed E-state index contributed by atoms with van der Waals surface area (Å²) in [5, 5.41) is 2.91. The zero-order chi connectivity index (χ0) is 24.9. The van der Waals surface area contributed by atoms with Crippen molar-refractivity contribution in [3.63, 3.8) is 0 Å². The van der Waals surface area contributed by atoms with Crippen LogP contribution in [-0.4, -0.2) is 24.2 Å². The maximum atomic E-state index is 12.6. The van der Waals surface area contributed by atoms with E-state index in [1.165, 1.54) is 0 Å². The number of rotatable bonds is 7. The Bertz CT molecular complexity index is 1170. The summed E-state index contributed by atoms with van der Waals surface area (Å²) in [6.45, 7) is 8.20. The normalized spacial score (nSPS) is 17.9. The Labute approximate surface area is 208 Å². The Balaban J connectivity index is 1.73. The lowest BCUT2D eigenvalue weighted by molar-refractivity contribution is 0.00578. The molecule has 1 saturated heterocycles. The van der Waals surface area contributed by atoms with Gasteiger partial charge in [-0.15, -0.1) is 0 Å². The summed E-state index contributed by atoms with van der Waals surface area (Å²) in [6.07, 6.45) is 5.83. The molecule has 3 aromatic rings. The van der Waals surface area contributed by atoms with Gasteiger partial charge in [0, 0.05) is 17.6 Å². The minimum absolute atomic E-state index is 0.164. The van der Waals surface area contributed by atoms with Crippen molar-refractivity contribution in [3.8, 4) is 0 Å². The van der Waals surface area contributed by atoms with Gasteiger partial charge in [0.1, 0.15) is 0 Å². The highest BCUT2D eigenvalue weighted by Crippen LogP contribution is 2.44. The average Bonchev–Trinajstić information content (AvgIpc) is 3.08. The fraction of sp³-hybridized carbons (Fsp3) is 0.233. The van der Waals surface area contributed by atoms with Crippen LogP contribution in [0, 0.1) is 0 Å². The molecule has 0 saturated carbocycles. The minimum atomic E-state index is -0.528. The van der Waals surface area contributed by atoms with Gasteiger partial charge < -0.3 is 14.6 Å². The molecule has 0 spiro atoms. The molecule has 0 bridgehead atoms. The number of carbonyl (C=O) groups is 1. The van der Waals surface area contributed by atoms with Crippen LogP contribution in [0.3, 0.4) is 0 Å². The zero-order valence-electron chi connectivity index (χ0n) is 20.8. The summed E-state index contributed by atoms with van der Waals surface area (Å²) >= 11 is 0. The van der Waals surface area contributed by atoms with Gasteiger partial charge in [-0.2, -0.15) is 0 Å². The van der Waals surface area contributed by atoms with Crippen LogP contribution in [0.2, 0.25) is 5.82 Å². The van der Waals surface area contributed by atoms with Gasteiger partial charge in [0.15, 0.2) is 0 Å². The third kappa shape index (κ3) is 5.81. The molecule has 0 aliphatic carbocycles. The van der Waals surface area contributed by atoms with E-state index < -0.39 is 18.3 Å². The Morgan fingerprint density at radius 1 is 0.771 bits per heavy atom. The number of hydrogen-bond acceptors (Lipinski definition) is 3. The third-order valence-corrected chi connectivity index (χ3v) is 6.71. The first-order chi connectivity index (χ1) is 16.8. The van der Waals surface area contributed by atoms with Crippen molar-refractivity contribution >= 4 is 24.7 Å². The van der Waals surface area contributed by atoms with Crippen LogP contribution < -0.4 is 5.32 Å². The first-order valence-electron chi connectivity index (χ1n) is 12.0. The van der Waals surface area contributed by atoms with Crippen LogP contribution in [-0.2, 0) is 9.31 Å². The third-order valence-electron chi connectivity index (χ3n) is 6.71. The fourth-order valence-electron chi connectivity index (χ4n) is 4.01. The number of hydrogen-bond donors (Lipinski definition) is 1. The lowest BCUT2D eigenvalue weighted by atomic mass is 9.65. The Hall–Kier alpha value is -3.41. The molecule has 1 aliphatic rings. The second-order valence-electron chi connectivity index (χ2n) is 9.73. The van der Waals surface area contributed by atoms with Crippen molar-refractivity contribution in [2.45, 2.75) is 44.7 Å². The quantitative estimate of drug-likeness (QED) is 0.315. The zero-order valence-corrected chi connectivity index (χ0v) is 20.8. The molecule has 3 aromatic carbocycles. The van der Waals surface area contributed by atoms with Gasteiger partial charge in [0.05, 0.1) is 11.2 Å². The van der Waals surface area contributed by atoms with Gasteiger partial charge in [-0.1, -0.05) is 91.0 Å². The van der Waals surface area contributed by atoms with E-state index >= 15 is 0 Å². The van der Waals surface area contributed by atoms with Crippen LogP contribution in [0.4, 0.5) is 0 Å². The first kappa shape index (κ1) is 24.7. The van der Waals surface area contributed by atoms with Gasteiger partial charge in [-0.25, -0.2) is 0 Å². The van der Waals surface area contributed by atoms with Crippen LogP contribution in [0.25, 0.3) is 11.6 Å². The minimum Gasteiger partial charge on any atom is -0.403 e. The first-order valence-corrected chi connectivity index (χ1v) is 12.0. The van der Waals surface area contributed by atoms with E-state index in [2.05, 4.69) is 35.7 Å². The molecule has 1 unspecified atom stereocenters. The predicted molar refractivity (Wildman–Crippen MR) is 144 cm³/mol. The molecular weight excluding hydrogens is 433 g/mol. The molecule has 0 aromatic heterocycles. The lowest BCUT2D eigenvalue weighted by Crippen LogP contribution is -2.41. The molecular formula is C30H32BNO3. The number of nitrogens with one attached hydrogen (secondary N) is 1. The fourth-order valence-corrected chi connectivity index (χ4v) is 4.01.